The van der Waals surface area contributed by atoms with Crippen molar-refractivity contribution < 1.29 is 18.0 Å². The maximum Gasteiger partial charge on any atom is 0.397 e. The molecule has 0 aromatic carbocycles. The molecule has 1 saturated heterocycles. The average Bonchev–Trinajstić information content (AvgIpc) is 3.16. The Kier molecular flexibility index (Phi) is 4.41. The number of halogens is 3. The maximum atomic E-state index is 12.2. The normalized spacial score (nSPS) is 18.0. The highest BCUT2D eigenvalue weighted by atomic mass is 19.4. The summed E-state index contributed by atoms with van der Waals surface area (Å²) in [6, 6.07) is 5.18. The summed E-state index contributed by atoms with van der Waals surface area (Å²) in [5, 5.41) is 2.41. The Balaban J connectivity index is 1.62. The molecule has 3 heterocycles. The van der Waals surface area contributed by atoms with Gasteiger partial charge in [0.1, 0.15) is 6.42 Å². The number of amides is 1. The van der Waals surface area contributed by atoms with Crippen molar-refractivity contribution in [2.75, 3.05) is 18.0 Å². The molecule has 24 heavy (non-hydrogen) atoms. The lowest BCUT2D eigenvalue weighted by Gasteiger charge is -2.17. The number of nitrogens with one attached hydrogen (secondary N) is 2. The van der Waals surface area contributed by atoms with Crippen LogP contribution in [0.25, 0.3) is 11.4 Å². The van der Waals surface area contributed by atoms with E-state index >= 15 is 0 Å². The highest BCUT2D eigenvalue weighted by molar-refractivity contribution is 5.77. The Morgan fingerprint density at radius 2 is 2.25 bits per heavy atom. The first-order valence-corrected chi connectivity index (χ1v) is 7.48. The molecule has 1 aliphatic heterocycles. The topological polar surface area (TPSA) is 73.9 Å². The number of rotatable bonds is 4. The van der Waals surface area contributed by atoms with Gasteiger partial charge < -0.3 is 15.2 Å². The summed E-state index contributed by atoms with van der Waals surface area (Å²) >= 11 is 0. The number of nitrogens with zero attached hydrogens (tertiary/aromatic N) is 3. The number of hydrogen-bond donors (Lipinski definition) is 2. The average molecular weight is 339 g/mol. The minimum atomic E-state index is -4.49. The van der Waals surface area contributed by atoms with E-state index in [0.717, 1.165) is 11.4 Å². The van der Waals surface area contributed by atoms with E-state index in [1.807, 2.05) is 17.0 Å². The van der Waals surface area contributed by atoms with Crippen LogP contribution in [0, 0.1) is 0 Å². The molecule has 1 atom stereocenters. The SMILES string of the molecule is O=C(CC(F)(F)F)NC1CCN(c2nccc(-c3ccc[nH]3)n2)C1. The van der Waals surface area contributed by atoms with Crippen molar-refractivity contribution in [3.63, 3.8) is 0 Å². The van der Waals surface area contributed by atoms with Crippen molar-refractivity contribution in [3.8, 4) is 11.4 Å². The van der Waals surface area contributed by atoms with E-state index in [0.29, 0.717) is 25.5 Å². The van der Waals surface area contributed by atoms with E-state index in [-0.39, 0.29) is 6.04 Å². The van der Waals surface area contributed by atoms with Gasteiger partial charge >= 0.3 is 6.18 Å². The zero-order valence-corrected chi connectivity index (χ0v) is 12.7. The highest BCUT2D eigenvalue weighted by Gasteiger charge is 2.33. The molecule has 1 unspecified atom stereocenters. The first-order valence-electron chi connectivity index (χ1n) is 7.48. The van der Waals surface area contributed by atoms with Gasteiger partial charge in [-0.15, -0.1) is 0 Å². The van der Waals surface area contributed by atoms with E-state index in [1.165, 1.54) is 0 Å². The van der Waals surface area contributed by atoms with Crippen molar-refractivity contribution in [1.29, 1.82) is 0 Å². The zero-order valence-electron chi connectivity index (χ0n) is 12.7. The molecule has 1 fully saturated rings. The van der Waals surface area contributed by atoms with Gasteiger partial charge in [-0.1, -0.05) is 0 Å². The Hall–Kier alpha value is -2.58. The summed E-state index contributed by atoms with van der Waals surface area (Å²) in [6.07, 6.45) is -1.97. The van der Waals surface area contributed by atoms with Crippen molar-refractivity contribution in [1.82, 2.24) is 20.3 Å². The van der Waals surface area contributed by atoms with Crippen molar-refractivity contribution in [2.45, 2.75) is 25.1 Å². The van der Waals surface area contributed by atoms with Crippen molar-refractivity contribution in [2.24, 2.45) is 0 Å². The number of H-pyrrole nitrogens is 1. The Bertz CT molecular complexity index is 701. The van der Waals surface area contributed by atoms with Gasteiger partial charge in [-0.3, -0.25) is 4.79 Å². The third-order valence-corrected chi connectivity index (χ3v) is 3.71. The molecule has 2 aromatic rings. The van der Waals surface area contributed by atoms with Crippen LogP contribution in [0.2, 0.25) is 0 Å². The van der Waals surface area contributed by atoms with Gasteiger partial charge in [0, 0.05) is 31.5 Å². The molecule has 0 bridgehead atoms. The lowest BCUT2D eigenvalue weighted by atomic mass is 10.2. The van der Waals surface area contributed by atoms with Crippen molar-refractivity contribution >= 4 is 11.9 Å². The fourth-order valence-corrected chi connectivity index (χ4v) is 2.66. The predicted molar refractivity (Wildman–Crippen MR) is 81.3 cm³/mol. The minimum Gasteiger partial charge on any atom is -0.360 e. The van der Waals surface area contributed by atoms with Crippen LogP contribution in [0.4, 0.5) is 19.1 Å². The van der Waals surface area contributed by atoms with Crippen molar-refractivity contribution in [3.05, 3.63) is 30.6 Å². The number of anilines is 1. The lowest BCUT2D eigenvalue weighted by Crippen LogP contribution is -2.39. The second kappa shape index (κ2) is 6.50. The molecule has 0 saturated carbocycles. The van der Waals surface area contributed by atoms with E-state index in [1.54, 1.807) is 18.5 Å². The highest BCUT2D eigenvalue weighted by Crippen LogP contribution is 2.22. The number of carbonyl (C=O) groups excluding carboxylic acids is 1. The number of carbonyl (C=O) groups is 1. The second-order valence-electron chi connectivity index (χ2n) is 5.62. The van der Waals surface area contributed by atoms with Gasteiger partial charge in [0.05, 0.1) is 11.4 Å². The quantitative estimate of drug-likeness (QED) is 0.895. The fourth-order valence-electron chi connectivity index (χ4n) is 2.66. The van der Waals surface area contributed by atoms with Gasteiger partial charge in [-0.2, -0.15) is 13.2 Å². The predicted octanol–water partition coefficient (Wildman–Crippen LogP) is 2.12. The molecule has 6 nitrogen and oxygen atoms in total. The Morgan fingerprint density at radius 1 is 1.42 bits per heavy atom. The summed E-state index contributed by atoms with van der Waals surface area (Å²) < 4.78 is 36.6. The van der Waals surface area contributed by atoms with Crippen LogP contribution < -0.4 is 10.2 Å². The molecule has 1 amide bonds. The van der Waals surface area contributed by atoms with Crippen LogP contribution in [0.1, 0.15) is 12.8 Å². The fraction of sp³-hybridized carbons (Fsp3) is 0.400. The van der Waals surface area contributed by atoms with E-state index < -0.39 is 18.5 Å². The number of alkyl halides is 3. The summed E-state index contributed by atoms with van der Waals surface area (Å²) in [4.78, 5) is 25.0. The van der Waals surface area contributed by atoms with Gasteiger partial charge in [0.25, 0.3) is 0 Å². The molecule has 9 heteroatoms. The molecule has 0 radical (unpaired) electrons. The van der Waals surface area contributed by atoms with E-state index in [2.05, 4.69) is 20.3 Å². The molecule has 1 aliphatic rings. The molecule has 2 aromatic heterocycles. The van der Waals surface area contributed by atoms with Gasteiger partial charge in [0.15, 0.2) is 0 Å². The standard InChI is InChI=1S/C15H16F3N5O/c16-15(17,18)8-13(24)21-10-4-7-23(9-10)14-20-6-3-12(22-14)11-2-1-5-19-11/h1-3,5-6,10,19H,4,7-9H2,(H,21,24). The van der Waals surface area contributed by atoms with Gasteiger partial charge in [-0.05, 0) is 24.6 Å². The molecule has 3 rings (SSSR count). The first-order chi connectivity index (χ1) is 11.4. The summed E-state index contributed by atoms with van der Waals surface area (Å²) in [5.74, 6) is -0.509. The summed E-state index contributed by atoms with van der Waals surface area (Å²) in [6.45, 7) is 0.961. The molecule has 0 spiro atoms. The Labute approximate surface area is 136 Å². The number of aromatic nitrogens is 3. The summed E-state index contributed by atoms with van der Waals surface area (Å²) in [7, 11) is 0. The van der Waals surface area contributed by atoms with Crippen LogP contribution in [0.15, 0.2) is 30.6 Å². The van der Waals surface area contributed by atoms with E-state index in [4.69, 9.17) is 0 Å². The molecule has 128 valence electrons. The third kappa shape index (κ3) is 4.03. The van der Waals surface area contributed by atoms with E-state index in [9.17, 15) is 18.0 Å². The largest absolute Gasteiger partial charge is 0.397 e. The van der Waals surface area contributed by atoms with Crippen LogP contribution in [-0.2, 0) is 4.79 Å². The van der Waals surface area contributed by atoms with Gasteiger partial charge in [0.2, 0.25) is 11.9 Å². The van der Waals surface area contributed by atoms with Gasteiger partial charge in [-0.25, -0.2) is 9.97 Å². The third-order valence-electron chi connectivity index (χ3n) is 3.71. The lowest BCUT2D eigenvalue weighted by molar-refractivity contribution is -0.154. The molecular formula is C15H16F3N5O. The van der Waals surface area contributed by atoms with Crippen LogP contribution in [0.5, 0.6) is 0 Å². The molecule has 0 aliphatic carbocycles. The van der Waals surface area contributed by atoms with Crippen LogP contribution >= 0.6 is 0 Å². The summed E-state index contributed by atoms with van der Waals surface area (Å²) in [5.41, 5.74) is 1.59. The Morgan fingerprint density at radius 3 is 2.96 bits per heavy atom. The number of aromatic amines is 1. The smallest absolute Gasteiger partial charge is 0.360 e. The first kappa shape index (κ1) is 16.3. The maximum absolute atomic E-state index is 12.2. The number of hydrogen-bond acceptors (Lipinski definition) is 4. The van der Waals surface area contributed by atoms with Crippen LogP contribution in [0.3, 0.4) is 0 Å². The minimum absolute atomic E-state index is 0.336. The van der Waals surface area contributed by atoms with Crippen LogP contribution in [-0.4, -0.2) is 46.2 Å². The monoisotopic (exact) mass is 339 g/mol. The molecule has 2 N–H and O–H groups in total. The molecular weight excluding hydrogens is 323 g/mol. The zero-order chi connectivity index (χ0) is 17.2. The second-order valence-corrected chi connectivity index (χ2v) is 5.62.